The molecule has 0 radical (unpaired) electrons. The van der Waals surface area contributed by atoms with E-state index in [4.69, 9.17) is 0 Å². The Morgan fingerprint density at radius 3 is 2.16 bits per heavy atom. The summed E-state index contributed by atoms with van der Waals surface area (Å²) >= 11 is 1.38. The fraction of sp³-hybridized carbons (Fsp3) is 0.167. The van der Waals surface area contributed by atoms with Crippen LogP contribution in [0.4, 0.5) is 0 Å². The second-order valence-electron chi connectivity index (χ2n) is 7.13. The van der Waals surface area contributed by atoms with Crippen molar-refractivity contribution in [1.29, 1.82) is 0 Å². The van der Waals surface area contributed by atoms with Crippen molar-refractivity contribution >= 4 is 17.7 Å². The minimum absolute atomic E-state index is 0.0615. The Balaban J connectivity index is 1.51. The van der Waals surface area contributed by atoms with Gasteiger partial charge in [-0.1, -0.05) is 72.4 Å². The molecule has 0 saturated carbocycles. The van der Waals surface area contributed by atoms with Crippen LogP contribution in [0.2, 0.25) is 0 Å². The molecule has 7 heteroatoms. The third-order valence-corrected chi connectivity index (χ3v) is 6.09. The van der Waals surface area contributed by atoms with Crippen molar-refractivity contribution in [2.75, 3.05) is 0 Å². The zero-order valence-electron chi connectivity index (χ0n) is 17.3. The number of nitrogens with one attached hydrogen (secondary N) is 1. The first-order valence-electron chi connectivity index (χ1n) is 10.00. The van der Waals surface area contributed by atoms with Crippen LogP contribution in [0.3, 0.4) is 0 Å². The molecule has 2 aromatic carbocycles. The van der Waals surface area contributed by atoms with E-state index >= 15 is 0 Å². The van der Waals surface area contributed by atoms with E-state index in [1.807, 2.05) is 91.3 Å². The summed E-state index contributed by atoms with van der Waals surface area (Å²) in [5, 5.41) is 12.1. The van der Waals surface area contributed by atoms with E-state index in [1.165, 1.54) is 11.8 Å². The Kier molecular flexibility index (Phi) is 6.43. The number of carbonyl (C=O) groups excluding carboxylic acids is 1. The van der Waals surface area contributed by atoms with Crippen LogP contribution in [0.15, 0.2) is 90.3 Å². The van der Waals surface area contributed by atoms with Crippen molar-refractivity contribution in [3.8, 4) is 11.4 Å². The van der Waals surface area contributed by atoms with Gasteiger partial charge in [0.05, 0.1) is 11.3 Å². The van der Waals surface area contributed by atoms with Crippen molar-refractivity contribution in [1.82, 2.24) is 25.1 Å². The van der Waals surface area contributed by atoms with Crippen molar-refractivity contribution in [3.63, 3.8) is 0 Å². The summed E-state index contributed by atoms with van der Waals surface area (Å²) < 4.78 is 1.89. The van der Waals surface area contributed by atoms with E-state index in [9.17, 15) is 4.79 Å². The van der Waals surface area contributed by atoms with Crippen LogP contribution < -0.4 is 5.32 Å². The third kappa shape index (κ3) is 4.83. The number of nitrogens with zero attached hydrogens (tertiary/aromatic N) is 4. The van der Waals surface area contributed by atoms with Gasteiger partial charge in [-0.3, -0.25) is 9.78 Å². The molecule has 2 aromatic heterocycles. The monoisotopic (exact) mass is 429 g/mol. The molecular weight excluding hydrogens is 406 g/mol. The highest BCUT2D eigenvalue weighted by Crippen LogP contribution is 2.27. The number of hydrogen-bond donors (Lipinski definition) is 1. The maximum atomic E-state index is 13.1. The summed E-state index contributed by atoms with van der Waals surface area (Å²) in [5.41, 5.74) is 2.96. The van der Waals surface area contributed by atoms with Gasteiger partial charge in [-0.05, 0) is 30.2 Å². The molecule has 1 amide bonds. The average Bonchev–Trinajstić information content (AvgIpc) is 3.19. The molecule has 6 nitrogen and oxygen atoms in total. The Morgan fingerprint density at radius 2 is 1.58 bits per heavy atom. The van der Waals surface area contributed by atoms with Gasteiger partial charge in [0, 0.05) is 25.0 Å². The molecule has 0 unspecified atom stereocenters. The molecule has 1 atom stereocenters. The third-order valence-electron chi connectivity index (χ3n) is 4.96. The number of aromatic nitrogens is 4. The number of rotatable bonds is 7. The van der Waals surface area contributed by atoms with E-state index in [2.05, 4.69) is 20.5 Å². The maximum Gasteiger partial charge on any atom is 0.234 e. The van der Waals surface area contributed by atoms with E-state index in [1.54, 1.807) is 12.4 Å². The largest absolute Gasteiger partial charge is 0.344 e. The minimum Gasteiger partial charge on any atom is -0.344 e. The summed E-state index contributed by atoms with van der Waals surface area (Å²) in [6.07, 6.45) is 3.47. The maximum absolute atomic E-state index is 13.1. The lowest BCUT2D eigenvalue weighted by Crippen LogP contribution is -2.35. The van der Waals surface area contributed by atoms with Gasteiger partial charge in [0.1, 0.15) is 0 Å². The molecule has 0 saturated heterocycles. The van der Waals surface area contributed by atoms with Gasteiger partial charge in [-0.25, -0.2) is 0 Å². The van der Waals surface area contributed by atoms with Gasteiger partial charge < -0.3 is 9.88 Å². The van der Waals surface area contributed by atoms with Gasteiger partial charge in [0.25, 0.3) is 0 Å². The predicted molar refractivity (Wildman–Crippen MR) is 122 cm³/mol. The normalized spacial score (nSPS) is 12.0. The zero-order valence-corrected chi connectivity index (χ0v) is 18.2. The Bertz CT molecular complexity index is 1090. The molecule has 0 aliphatic heterocycles. The first-order chi connectivity index (χ1) is 15.1. The molecule has 0 spiro atoms. The molecule has 1 N–H and O–H groups in total. The molecule has 0 aliphatic carbocycles. The molecular formula is C24H23N5OS. The number of hydrogen-bond acceptors (Lipinski definition) is 5. The lowest BCUT2D eigenvalue weighted by atomic mass is 9.98. The van der Waals surface area contributed by atoms with Crippen molar-refractivity contribution < 1.29 is 4.79 Å². The summed E-state index contributed by atoms with van der Waals surface area (Å²) in [6.45, 7) is 1.88. The summed E-state index contributed by atoms with van der Waals surface area (Å²) in [5.74, 6) is 0.656. The summed E-state index contributed by atoms with van der Waals surface area (Å²) in [7, 11) is 1.89. The van der Waals surface area contributed by atoms with E-state index in [-0.39, 0.29) is 17.2 Å². The van der Waals surface area contributed by atoms with Crippen molar-refractivity contribution in [2.45, 2.75) is 23.4 Å². The Labute approximate surface area is 185 Å². The van der Waals surface area contributed by atoms with Crippen LogP contribution in [0, 0.1) is 0 Å². The first kappa shape index (κ1) is 20.8. The quantitative estimate of drug-likeness (QED) is 0.444. The van der Waals surface area contributed by atoms with Crippen LogP contribution in [-0.2, 0) is 11.8 Å². The Hall–Kier alpha value is -3.45. The topological polar surface area (TPSA) is 72.7 Å². The number of pyridine rings is 1. The van der Waals surface area contributed by atoms with Crippen LogP contribution >= 0.6 is 11.8 Å². The molecule has 0 fully saturated rings. The van der Waals surface area contributed by atoms with E-state index in [0.29, 0.717) is 5.16 Å². The summed E-state index contributed by atoms with van der Waals surface area (Å²) in [6, 6.07) is 23.6. The van der Waals surface area contributed by atoms with Crippen LogP contribution in [-0.4, -0.2) is 30.9 Å². The fourth-order valence-electron chi connectivity index (χ4n) is 3.29. The number of carbonyl (C=O) groups is 1. The van der Waals surface area contributed by atoms with E-state index in [0.717, 1.165) is 22.5 Å². The molecule has 0 bridgehead atoms. The molecule has 0 aliphatic rings. The van der Waals surface area contributed by atoms with Crippen molar-refractivity contribution in [3.05, 3.63) is 96.3 Å². The molecule has 2 heterocycles. The highest BCUT2D eigenvalue weighted by atomic mass is 32.2. The van der Waals surface area contributed by atoms with Crippen molar-refractivity contribution in [2.24, 2.45) is 7.05 Å². The molecule has 4 rings (SSSR count). The predicted octanol–water partition coefficient (Wildman–Crippen LogP) is 4.26. The van der Waals surface area contributed by atoms with Crippen LogP contribution in [0.1, 0.15) is 24.1 Å². The second kappa shape index (κ2) is 9.57. The summed E-state index contributed by atoms with van der Waals surface area (Å²) in [4.78, 5) is 17.2. The number of benzene rings is 2. The SMILES string of the molecule is C[C@@H](Sc1nnc(-c2cccnc2)n1C)C(=O)NC(c1ccccc1)c1ccccc1. The van der Waals surface area contributed by atoms with Gasteiger partial charge in [-0.15, -0.1) is 10.2 Å². The standard InChI is InChI=1S/C24H23N5OS/c1-17(31-24-28-27-22(29(24)2)20-14-9-15-25-16-20)23(30)26-21(18-10-5-3-6-11-18)19-12-7-4-8-13-19/h3-17,21H,1-2H3,(H,26,30)/t17-/m1/s1. The lowest BCUT2D eigenvalue weighted by molar-refractivity contribution is -0.120. The molecule has 31 heavy (non-hydrogen) atoms. The highest BCUT2D eigenvalue weighted by molar-refractivity contribution is 8.00. The minimum atomic E-state index is -0.348. The number of thioether (sulfide) groups is 1. The fourth-order valence-corrected chi connectivity index (χ4v) is 4.11. The first-order valence-corrected chi connectivity index (χ1v) is 10.9. The lowest BCUT2D eigenvalue weighted by Gasteiger charge is -2.22. The van der Waals surface area contributed by atoms with Crippen LogP contribution in [0.5, 0.6) is 0 Å². The van der Waals surface area contributed by atoms with Gasteiger partial charge >= 0.3 is 0 Å². The van der Waals surface area contributed by atoms with Gasteiger partial charge in [0.15, 0.2) is 11.0 Å². The molecule has 156 valence electrons. The highest BCUT2D eigenvalue weighted by Gasteiger charge is 2.23. The smallest absolute Gasteiger partial charge is 0.234 e. The van der Waals surface area contributed by atoms with E-state index < -0.39 is 0 Å². The van der Waals surface area contributed by atoms with Gasteiger partial charge in [-0.2, -0.15) is 0 Å². The second-order valence-corrected chi connectivity index (χ2v) is 8.44. The average molecular weight is 430 g/mol. The van der Waals surface area contributed by atoms with Gasteiger partial charge in [0.2, 0.25) is 5.91 Å². The molecule has 4 aromatic rings. The Morgan fingerprint density at radius 1 is 0.935 bits per heavy atom. The number of amides is 1. The zero-order chi connectivity index (χ0) is 21.6. The van der Waals surface area contributed by atoms with Crippen LogP contribution in [0.25, 0.3) is 11.4 Å².